The van der Waals surface area contributed by atoms with Gasteiger partial charge < -0.3 is 19.9 Å². The van der Waals surface area contributed by atoms with Crippen LogP contribution in [0.2, 0.25) is 0 Å². The van der Waals surface area contributed by atoms with E-state index in [9.17, 15) is 18.0 Å². The van der Waals surface area contributed by atoms with Gasteiger partial charge in [-0.1, -0.05) is 18.2 Å². The molecule has 1 N–H and O–H groups in total. The molecule has 5 rings (SSSR count). The molecule has 1 amide bonds. The monoisotopic (exact) mass is 596 g/mol. The van der Waals surface area contributed by atoms with Gasteiger partial charge in [-0.25, -0.2) is 4.98 Å². The lowest BCUT2D eigenvalue weighted by atomic mass is 9.95. The van der Waals surface area contributed by atoms with Crippen LogP contribution in [0.15, 0.2) is 66.3 Å². The summed E-state index contributed by atoms with van der Waals surface area (Å²) in [4.78, 5) is 21.5. The highest BCUT2D eigenvalue weighted by atomic mass is 32.1. The number of rotatable bonds is 9. The van der Waals surface area contributed by atoms with Gasteiger partial charge in [0.2, 0.25) is 5.91 Å². The van der Waals surface area contributed by atoms with Gasteiger partial charge in [0.15, 0.2) is 0 Å². The quantitative estimate of drug-likeness (QED) is 0.240. The van der Waals surface area contributed by atoms with Gasteiger partial charge in [0, 0.05) is 30.6 Å². The fourth-order valence-corrected chi connectivity index (χ4v) is 6.02. The fourth-order valence-electron chi connectivity index (χ4n) is 5.21. The van der Waals surface area contributed by atoms with Crippen molar-refractivity contribution in [2.24, 2.45) is 5.92 Å². The number of nitrogens with zero attached hydrogens (tertiary/aromatic N) is 5. The van der Waals surface area contributed by atoms with Crippen molar-refractivity contribution in [2.75, 3.05) is 43.9 Å². The predicted octanol–water partition coefficient (Wildman–Crippen LogP) is 6.37. The number of piperidine rings is 1. The van der Waals surface area contributed by atoms with Gasteiger partial charge in [0.1, 0.15) is 22.1 Å². The number of nitrogens with one attached hydrogen (secondary N) is 1. The number of halogens is 3. The van der Waals surface area contributed by atoms with Crippen LogP contribution in [0.1, 0.15) is 24.1 Å². The zero-order valence-electron chi connectivity index (χ0n) is 23.3. The molecule has 0 saturated carbocycles. The van der Waals surface area contributed by atoms with E-state index in [-0.39, 0.29) is 29.5 Å². The summed E-state index contributed by atoms with van der Waals surface area (Å²) >= 11 is 1.35. The lowest BCUT2D eigenvalue weighted by Gasteiger charge is -2.38. The van der Waals surface area contributed by atoms with Crippen molar-refractivity contribution in [3.63, 3.8) is 0 Å². The second kappa shape index (κ2) is 12.9. The molecule has 2 aromatic carbocycles. The second-order valence-corrected chi connectivity index (χ2v) is 11.3. The number of carbonyl (C=O) groups is 1. The molecular weight excluding hydrogens is 565 g/mol. The van der Waals surface area contributed by atoms with Crippen molar-refractivity contribution in [2.45, 2.75) is 25.4 Å². The third-order valence-electron chi connectivity index (χ3n) is 6.85. The standard InChI is InChI=1S/C30H31F3N6O2S/c1-38(2)17-20-7-6-14-39(18-20)28-24(10-11-25(27(28)30(31,32)33)41-23-8-4-3-5-9-23)37-26(40)15-22-19-42-29(36-22)21-12-13-34-35-16-21/h3-5,8-13,16,19-20H,6-7,14-15,17-18H2,1-2H3,(H,37,40)/t20-/m1/s1. The summed E-state index contributed by atoms with van der Waals surface area (Å²) in [6.45, 7) is 1.60. The van der Waals surface area contributed by atoms with E-state index in [2.05, 4.69) is 20.5 Å². The van der Waals surface area contributed by atoms with E-state index in [1.54, 1.807) is 59.1 Å². The Morgan fingerprint density at radius 3 is 2.67 bits per heavy atom. The number of carbonyl (C=O) groups excluding carboxylic acids is 1. The minimum absolute atomic E-state index is 0.0745. The number of para-hydroxylation sites is 1. The van der Waals surface area contributed by atoms with Crippen molar-refractivity contribution in [3.05, 3.63) is 77.6 Å². The van der Waals surface area contributed by atoms with Crippen LogP contribution in [0.3, 0.4) is 0 Å². The average molecular weight is 597 g/mol. The van der Waals surface area contributed by atoms with Gasteiger partial charge in [0.05, 0.1) is 35.9 Å². The Balaban J connectivity index is 1.48. The maximum Gasteiger partial charge on any atom is 0.422 e. The highest BCUT2D eigenvalue weighted by molar-refractivity contribution is 7.13. The van der Waals surface area contributed by atoms with Crippen molar-refractivity contribution < 1.29 is 22.7 Å². The molecule has 1 aliphatic rings. The first-order valence-corrected chi connectivity index (χ1v) is 14.4. The molecule has 0 bridgehead atoms. The SMILES string of the molecule is CN(C)C[C@H]1CCCN(c2c(NC(=O)Cc3csc(-c4ccnnc4)n3)ccc(Oc3ccccc3)c2C(F)(F)F)C1. The molecule has 4 aromatic rings. The average Bonchev–Trinajstić information content (AvgIpc) is 3.42. The van der Waals surface area contributed by atoms with E-state index in [4.69, 9.17) is 4.74 Å². The molecule has 1 atom stereocenters. The smallest absolute Gasteiger partial charge is 0.422 e. The first-order chi connectivity index (χ1) is 20.2. The van der Waals surface area contributed by atoms with Crippen LogP contribution in [0, 0.1) is 5.92 Å². The topological polar surface area (TPSA) is 83.5 Å². The van der Waals surface area contributed by atoms with Gasteiger partial charge in [0.25, 0.3) is 0 Å². The second-order valence-electron chi connectivity index (χ2n) is 10.5. The largest absolute Gasteiger partial charge is 0.457 e. The molecule has 0 aliphatic carbocycles. The fraction of sp³-hybridized carbons (Fsp3) is 0.333. The number of alkyl halides is 3. The zero-order valence-corrected chi connectivity index (χ0v) is 24.1. The molecule has 3 heterocycles. The summed E-state index contributed by atoms with van der Waals surface area (Å²) in [6.07, 6.45) is -0.0550. The van der Waals surface area contributed by atoms with E-state index in [0.29, 0.717) is 29.5 Å². The third-order valence-corrected chi connectivity index (χ3v) is 7.79. The molecule has 12 heteroatoms. The minimum atomic E-state index is -4.74. The third kappa shape index (κ3) is 7.24. The van der Waals surface area contributed by atoms with Gasteiger partial charge in [-0.15, -0.1) is 11.3 Å². The van der Waals surface area contributed by atoms with Crippen LogP contribution in [-0.4, -0.2) is 59.7 Å². The Bertz CT molecular complexity index is 1500. The first kappa shape index (κ1) is 29.5. The Labute approximate surface area is 246 Å². The van der Waals surface area contributed by atoms with Gasteiger partial charge in [-0.3, -0.25) is 4.79 Å². The van der Waals surface area contributed by atoms with E-state index in [0.717, 1.165) is 24.9 Å². The van der Waals surface area contributed by atoms with Crippen molar-refractivity contribution in [1.29, 1.82) is 0 Å². The number of ether oxygens (including phenoxy) is 1. The van der Waals surface area contributed by atoms with Crippen LogP contribution in [0.4, 0.5) is 24.5 Å². The maximum absolute atomic E-state index is 14.9. The number of hydrogen-bond acceptors (Lipinski definition) is 8. The number of thiazole rings is 1. The summed E-state index contributed by atoms with van der Waals surface area (Å²) in [5.41, 5.74) is 0.387. The van der Waals surface area contributed by atoms with Crippen LogP contribution < -0.4 is 15.0 Å². The summed E-state index contributed by atoms with van der Waals surface area (Å²) in [5.74, 6) is -0.314. The Kier molecular flexibility index (Phi) is 9.03. The van der Waals surface area contributed by atoms with Crippen LogP contribution in [-0.2, 0) is 17.4 Å². The molecule has 220 valence electrons. The lowest BCUT2D eigenvalue weighted by Crippen LogP contribution is -2.40. The first-order valence-electron chi connectivity index (χ1n) is 13.6. The molecule has 1 saturated heterocycles. The number of anilines is 2. The predicted molar refractivity (Wildman–Crippen MR) is 157 cm³/mol. The van der Waals surface area contributed by atoms with Gasteiger partial charge in [-0.05, 0) is 63.2 Å². The summed E-state index contributed by atoms with van der Waals surface area (Å²) in [5, 5.41) is 12.8. The van der Waals surface area contributed by atoms with Crippen molar-refractivity contribution in [1.82, 2.24) is 20.1 Å². The molecule has 42 heavy (non-hydrogen) atoms. The van der Waals surface area contributed by atoms with Crippen LogP contribution >= 0.6 is 11.3 Å². The Morgan fingerprint density at radius 2 is 1.95 bits per heavy atom. The molecule has 1 fully saturated rings. The zero-order chi connectivity index (χ0) is 29.7. The molecule has 1 aliphatic heterocycles. The Hall–Kier alpha value is -4.03. The summed E-state index contributed by atoms with van der Waals surface area (Å²) in [7, 11) is 3.91. The Morgan fingerprint density at radius 1 is 1.14 bits per heavy atom. The van der Waals surface area contributed by atoms with E-state index >= 15 is 0 Å². The maximum atomic E-state index is 14.9. The highest BCUT2D eigenvalue weighted by Gasteiger charge is 2.41. The van der Waals surface area contributed by atoms with Crippen LogP contribution in [0.25, 0.3) is 10.6 Å². The number of amides is 1. The lowest BCUT2D eigenvalue weighted by molar-refractivity contribution is -0.138. The molecule has 2 aromatic heterocycles. The summed E-state index contributed by atoms with van der Waals surface area (Å²) in [6, 6.07) is 12.9. The number of hydrogen-bond donors (Lipinski definition) is 1. The molecular formula is C30H31F3N6O2S. The number of aromatic nitrogens is 3. The minimum Gasteiger partial charge on any atom is -0.457 e. The van der Waals surface area contributed by atoms with E-state index in [1.807, 2.05) is 19.0 Å². The van der Waals surface area contributed by atoms with E-state index < -0.39 is 17.6 Å². The summed E-state index contributed by atoms with van der Waals surface area (Å²) < 4.78 is 50.3. The highest BCUT2D eigenvalue weighted by Crippen LogP contribution is 2.48. The van der Waals surface area contributed by atoms with Crippen molar-refractivity contribution >= 4 is 28.6 Å². The van der Waals surface area contributed by atoms with E-state index in [1.165, 1.54) is 23.5 Å². The van der Waals surface area contributed by atoms with Crippen molar-refractivity contribution in [3.8, 4) is 22.1 Å². The molecule has 8 nitrogen and oxygen atoms in total. The van der Waals surface area contributed by atoms with Gasteiger partial charge >= 0.3 is 6.18 Å². The van der Waals surface area contributed by atoms with Gasteiger partial charge in [-0.2, -0.15) is 23.4 Å². The molecule has 0 spiro atoms. The molecule has 0 unspecified atom stereocenters. The van der Waals surface area contributed by atoms with Crippen LogP contribution in [0.5, 0.6) is 11.5 Å². The normalized spacial score (nSPS) is 15.6. The number of benzene rings is 2. The molecule has 0 radical (unpaired) electrons.